The Labute approximate surface area is 128 Å². The van der Waals surface area contributed by atoms with Gasteiger partial charge in [0.15, 0.2) is 0 Å². The van der Waals surface area contributed by atoms with Gasteiger partial charge in [-0.3, -0.25) is 9.67 Å². The number of hydrogen-bond acceptors (Lipinski definition) is 4. The number of methoxy groups -OCH3 is 1. The summed E-state index contributed by atoms with van der Waals surface area (Å²) in [5, 5.41) is 4.36. The second-order valence-electron chi connectivity index (χ2n) is 4.81. The Balaban J connectivity index is 1.93. The van der Waals surface area contributed by atoms with Crippen LogP contribution in [0.2, 0.25) is 0 Å². The van der Waals surface area contributed by atoms with Crippen LogP contribution in [0, 0.1) is 0 Å². The SMILES string of the molecule is COC(=O)c1cncc(-c2ccnn2Cc2ccccc2)c1. The molecule has 3 rings (SSSR count). The van der Waals surface area contributed by atoms with E-state index in [1.165, 1.54) is 13.3 Å². The van der Waals surface area contributed by atoms with E-state index >= 15 is 0 Å². The van der Waals surface area contributed by atoms with Gasteiger partial charge in [0.1, 0.15) is 0 Å². The first kappa shape index (κ1) is 14.0. The van der Waals surface area contributed by atoms with Gasteiger partial charge in [0.2, 0.25) is 0 Å². The van der Waals surface area contributed by atoms with E-state index in [1.54, 1.807) is 18.5 Å². The molecule has 5 nitrogen and oxygen atoms in total. The highest BCUT2D eigenvalue weighted by Crippen LogP contribution is 2.20. The van der Waals surface area contributed by atoms with Crippen LogP contribution in [-0.2, 0) is 11.3 Å². The van der Waals surface area contributed by atoms with Gasteiger partial charge in [-0.1, -0.05) is 30.3 Å². The van der Waals surface area contributed by atoms with Crippen LogP contribution < -0.4 is 0 Å². The minimum atomic E-state index is -0.400. The fourth-order valence-electron chi connectivity index (χ4n) is 2.27. The van der Waals surface area contributed by atoms with Crippen LogP contribution in [0.5, 0.6) is 0 Å². The molecule has 5 heteroatoms. The largest absolute Gasteiger partial charge is 0.465 e. The lowest BCUT2D eigenvalue weighted by Crippen LogP contribution is -2.05. The molecule has 3 aromatic rings. The van der Waals surface area contributed by atoms with E-state index in [1.807, 2.05) is 28.9 Å². The quantitative estimate of drug-likeness (QED) is 0.694. The predicted molar refractivity (Wildman–Crippen MR) is 82.3 cm³/mol. The first-order valence-electron chi connectivity index (χ1n) is 6.87. The van der Waals surface area contributed by atoms with Crippen molar-refractivity contribution in [1.82, 2.24) is 14.8 Å². The highest BCUT2D eigenvalue weighted by molar-refractivity contribution is 5.90. The number of hydrogen-bond donors (Lipinski definition) is 0. The number of aromatic nitrogens is 3. The summed E-state index contributed by atoms with van der Waals surface area (Å²) in [7, 11) is 1.36. The molecular weight excluding hydrogens is 278 g/mol. The van der Waals surface area contributed by atoms with Crippen molar-refractivity contribution >= 4 is 5.97 Å². The van der Waals surface area contributed by atoms with Crippen LogP contribution in [0.15, 0.2) is 61.1 Å². The molecule has 0 aliphatic rings. The lowest BCUT2D eigenvalue weighted by atomic mass is 10.1. The Kier molecular flexibility index (Phi) is 3.96. The van der Waals surface area contributed by atoms with Crippen molar-refractivity contribution in [2.45, 2.75) is 6.54 Å². The van der Waals surface area contributed by atoms with Crippen LogP contribution in [-0.4, -0.2) is 27.8 Å². The average molecular weight is 293 g/mol. The zero-order valence-corrected chi connectivity index (χ0v) is 12.1. The van der Waals surface area contributed by atoms with Gasteiger partial charge in [-0.25, -0.2) is 4.79 Å². The summed E-state index contributed by atoms with van der Waals surface area (Å²) in [5.74, 6) is -0.400. The van der Waals surface area contributed by atoms with Gasteiger partial charge >= 0.3 is 5.97 Å². The lowest BCUT2D eigenvalue weighted by Gasteiger charge is -2.08. The molecule has 0 aliphatic heterocycles. The van der Waals surface area contributed by atoms with Crippen molar-refractivity contribution in [2.24, 2.45) is 0 Å². The topological polar surface area (TPSA) is 57.0 Å². The number of carbonyl (C=O) groups is 1. The Bertz CT molecular complexity index is 781. The van der Waals surface area contributed by atoms with Crippen molar-refractivity contribution in [3.05, 3.63) is 72.2 Å². The van der Waals surface area contributed by atoms with E-state index in [9.17, 15) is 4.79 Å². The minimum absolute atomic E-state index is 0.400. The van der Waals surface area contributed by atoms with Crippen LogP contribution in [0.4, 0.5) is 0 Å². The predicted octanol–water partition coefficient (Wildman–Crippen LogP) is 2.78. The molecule has 0 amide bonds. The Morgan fingerprint density at radius 2 is 2.00 bits per heavy atom. The van der Waals surface area contributed by atoms with Gasteiger partial charge in [-0.05, 0) is 17.7 Å². The van der Waals surface area contributed by atoms with E-state index in [-0.39, 0.29) is 0 Å². The number of carbonyl (C=O) groups excluding carboxylic acids is 1. The smallest absolute Gasteiger partial charge is 0.339 e. The summed E-state index contributed by atoms with van der Waals surface area (Å²) in [6.45, 7) is 0.658. The van der Waals surface area contributed by atoms with Crippen molar-refractivity contribution in [2.75, 3.05) is 7.11 Å². The minimum Gasteiger partial charge on any atom is -0.465 e. The maximum atomic E-state index is 11.6. The van der Waals surface area contributed by atoms with E-state index in [0.717, 1.165) is 16.8 Å². The van der Waals surface area contributed by atoms with Crippen molar-refractivity contribution < 1.29 is 9.53 Å². The Hall–Kier alpha value is -2.95. The molecular formula is C17H15N3O2. The Morgan fingerprint density at radius 3 is 2.77 bits per heavy atom. The molecule has 0 saturated carbocycles. The highest BCUT2D eigenvalue weighted by atomic mass is 16.5. The summed E-state index contributed by atoms with van der Waals surface area (Å²) in [6, 6.07) is 13.7. The fraction of sp³-hybridized carbons (Fsp3) is 0.118. The molecule has 0 unspecified atom stereocenters. The van der Waals surface area contributed by atoms with Crippen LogP contribution in [0.25, 0.3) is 11.3 Å². The first-order valence-corrected chi connectivity index (χ1v) is 6.87. The molecule has 2 heterocycles. The van der Waals surface area contributed by atoms with Crippen molar-refractivity contribution in [3.8, 4) is 11.3 Å². The van der Waals surface area contributed by atoms with E-state index in [0.29, 0.717) is 12.1 Å². The standard InChI is InChI=1S/C17H15N3O2/c1-22-17(21)15-9-14(10-18-11-15)16-7-8-19-20(16)12-13-5-3-2-4-6-13/h2-11H,12H2,1H3. The fourth-order valence-corrected chi connectivity index (χ4v) is 2.27. The van der Waals surface area contributed by atoms with Crippen molar-refractivity contribution in [3.63, 3.8) is 0 Å². The van der Waals surface area contributed by atoms with Gasteiger partial charge in [0.05, 0.1) is 24.9 Å². The number of pyridine rings is 1. The zero-order valence-electron chi connectivity index (χ0n) is 12.1. The molecule has 0 bridgehead atoms. The molecule has 1 aromatic carbocycles. The summed E-state index contributed by atoms with van der Waals surface area (Å²) < 4.78 is 6.62. The maximum Gasteiger partial charge on any atom is 0.339 e. The highest BCUT2D eigenvalue weighted by Gasteiger charge is 2.11. The van der Waals surface area contributed by atoms with E-state index in [4.69, 9.17) is 4.74 Å². The van der Waals surface area contributed by atoms with Gasteiger partial charge in [-0.2, -0.15) is 5.10 Å². The van der Waals surface area contributed by atoms with Crippen LogP contribution >= 0.6 is 0 Å². The van der Waals surface area contributed by atoms with Gasteiger partial charge in [-0.15, -0.1) is 0 Å². The number of benzene rings is 1. The summed E-state index contributed by atoms with van der Waals surface area (Å²) >= 11 is 0. The van der Waals surface area contributed by atoms with Crippen LogP contribution in [0.3, 0.4) is 0 Å². The normalized spacial score (nSPS) is 10.4. The van der Waals surface area contributed by atoms with Gasteiger partial charge in [0.25, 0.3) is 0 Å². The number of ether oxygens (including phenoxy) is 1. The second-order valence-corrected chi connectivity index (χ2v) is 4.81. The summed E-state index contributed by atoms with van der Waals surface area (Å²) in [4.78, 5) is 15.7. The Morgan fingerprint density at radius 1 is 1.18 bits per heavy atom. The molecule has 0 saturated heterocycles. The number of nitrogens with zero attached hydrogens (tertiary/aromatic N) is 3. The molecule has 0 aliphatic carbocycles. The molecule has 0 spiro atoms. The molecule has 0 N–H and O–H groups in total. The molecule has 22 heavy (non-hydrogen) atoms. The second kappa shape index (κ2) is 6.22. The lowest BCUT2D eigenvalue weighted by molar-refractivity contribution is 0.0600. The third-order valence-corrected chi connectivity index (χ3v) is 3.35. The number of esters is 1. The monoisotopic (exact) mass is 293 g/mol. The van der Waals surface area contributed by atoms with Gasteiger partial charge < -0.3 is 4.74 Å². The molecule has 0 radical (unpaired) electrons. The third kappa shape index (κ3) is 2.88. The molecule has 110 valence electrons. The van der Waals surface area contributed by atoms with Crippen molar-refractivity contribution in [1.29, 1.82) is 0 Å². The first-order chi connectivity index (χ1) is 10.8. The maximum absolute atomic E-state index is 11.6. The van der Waals surface area contributed by atoms with E-state index < -0.39 is 5.97 Å². The average Bonchev–Trinajstić information content (AvgIpc) is 3.03. The molecule has 0 fully saturated rings. The molecule has 0 atom stereocenters. The summed E-state index contributed by atoms with van der Waals surface area (Å²) in [5.41, 5.74) is 3.32. The zero-order chi connectivity index (χ0) is 15.4. The van der Waals surface area contributed by atoms with Gasteiger partial charge in [0, 0.05) is 24.2 Å². The van der Waals surface area contributed by atoms with E-state index in [2.05, 4.69) is 22.2 Å². The molecule has 2 aromatic heterocycles. The summed E-state index contributed by atoms with van der Waals surface area (Å²) in [6.07, 6.45) is 4.95. The van der Waals surface area contributed by atoms with Crippen LogP contribution in [0.1, 0.15) is 15.9 Å². The number of rotatable bonds is 4. The third-order valence-electron chi connectivity index (χ3n) is 3.35.